The standard InChI is InChI=1S/C15H16Cl2FN3/c1-3-19-14-12(16)8-13(17)15(21-14)20-9(2)10-4-6-11(18)7-5-10/h4-9H,3H2,1-2H3,(H2,19,20,21). The smallest absolute Gasteiger partial charge is 0.147 e. The molecule has 0 fully saturated rings. The Labute approximate surface area is 133 Å². The van der Waals surface area contributed by atoms with Crippen molar-refractivity contribution in [2.45, 2.75) is 19.9 Å². The van der Waals surface area contributed by atoms with E-state index >= 15 is 0 Å². The van der Waals surface area contributed by atoms with Crippen molar-refractivity contribution in [1.29, 1.82) is 0 Å². The highest BCUT2D eigenvalue weighted by molar-refractivity contribution is 6.37. The molecule has 112 valence electrons. The molecule has 0 radical (unpaired) electrons. The first-order chi connectivity index (χ1) is 10.0. The minimum Gasteiger partial charge on any atom is -0.369 e. The molecule has 2 rings (SSSR count). The fraction of sp³-hybridized carbons (Fsp3) is 0.267. The van der Waals surface area contributed by atoms with Crippen LogP contribution in [0.4, 0.5) is 16.0 Å². The first-order valence-electron chi connectivity index (χ1n) is 6.63. The lowest BCUT2D eigenvalue weighted by atomic mass is 10.1. The van der Waals surface area contributed by atoms with Gasteiger partial charge in [-0.05, 0) is 37.6 Å². The second-order valence-corrected chi connectivity index (χ2v) is 5.41. The summed E-state index contributed by atoms with van der Waals surface area (Å²) >= 11 is 12.2. The molecule has 2 aromatic rings. The van der Waals surface area contributed by atoms with Gasteiger partial charge in [0.25, 0.3) is 0 Å². The lowest BCUT2D eigenvalue weighted by Crippen LogP contribution is -2.10. The van der Waals surface area contributed by atoms with E-state index in [1.54, 1.807) is 18.2 Å². The van der Waals surface area contributed by atoms with Crippen molar-refractivity contribution in [2.75, 3.05) is 17.2 Å². The van der Waals surface area contributed by atoms with E-state index in [-0.39, 0.29) is 11.9 Å². The van der Waals surface area contributed by atoms with Crippen molar-refractivity contribution in [3.63, 3.8) is 0 Å². The van der Waals surface area contributed by atoms with Crippen LogP contribution in [0.15, 0.2) is 30.3 Å². The predicted molar refractivity (Wildman–Crippen MR) is 86.9 cm³/mol. The Bertz CT molecular complexity index is 617. The number of hydrogen-bond acceptors (Lipinski definition) is 3. The van der Waals surface area contributed by atoms with Gasteiger partial charge in [-0.3, -0.25) is 0 Å². The second kappa shape index (κ2) is 6.96. The van der Waals surface area contributed by atoms with Crippen LogP contribution >= 0.6 is 23.2 Å². The van der Waals surface area contributed by atoms with Crippen LogP contribution in [0.2, 0.25) is 10.0 Å². The molecule has 6 heteroatoms. The number of pyridine rings is 1. The van der Waals surface area contributed by atoms with E-state index in [1.165, 1.54) is 12.1 Å². The van der Waals surface area contributed by atoms with Crippen molar-refractivity contribution in [1.82, 2.24) is 4.98 Å². The molecule has 0 saturated carbocycles. The molecule has 2 N–H and O–H groups in total. The third-order valence-electron chi connectivity index (χ3n) is 3.00. The van der Waals surface area contributed by atoms with Crippen LogP contribution in [-0.2, 0) is 0 Å². The summed E-state index contributed by atoms with van der Waals surface area (Å²) < 4.78 is 12.9. The molecule has 3 nitrogen and oxygen atoms in total. The van der Waals surface area contributed by atoms with E-state index in [0.29, 0.717) is 28.2 Å². The fourth-order valence-electron chi connectivity index (χ4n) is 1.90. The van der Waals surface area contributed by atoms with Gasteiger partial charge in [-0.25, -0.2) is 9.37 Å². The second-order valence-electron chi connectivity index (χ2n) is 4.60. The largest absolute Gasteiger partial charge is 0.369 e. The van der Waals surface area contributed by atoms with Gasteiger partial charge < -0.3 is 10.6 Å². The number of rotatable bonds is 5. The number of aromatic nitrogens is 1. The Morgan fingerprint density at radius 3 is 2.38 bits per heavy atom. The van der Waals surface area contributed by atoms with Gasteiger partial charge in [0.05, 0.1) is 10.0 Å². The van der Waals surface area contributed by atoms with Gasteiger partial charge in [-0.15, -0.1) is 0 Å². The van der Waals surface area contributed by atoms with Crippen molar-refractivity contribution in [3.8, 4) is 0 Å². The van der Waals surface area contributed by atoms with Crippen molar-refractivity contribution in [2.24, 2.45) is 0 Å². The molecule has 0 bridgehead atoms. The number of benzene rings is 1. The van der Waals surface area contributed by atoms with E-state index in [9.17, 15) is 4.39 Å². The molecule has 0 amide bonds. The van der Waals surface area contributed by atoms with Gasteiger partial charge in [0.15, 0.2) is 0 Å². The third-order valence-corrected chi connectivity index (χ3v) is 3.57. The Balaban J connectivity index is 2.22. The molecule has 1 heterocycles. The van der Waals surface area contributed by atoms with Crippen molar-refractivity contribution in [3.05, 3.63) is 51.8 Å². The molecule has 1 aromatic heterocycles. The molecular formula is C15H16Cl2FN3. The topological polar surface area (TPSA) is 37.0 Å². The molecule has 0 aliphatic rings. The quantitative estimate of drug-likeness (QED) is 0.799. The molecule has 0 spiro atoms. The van der Waals surface area contributed by atoms with Crippen LogP contribution < -0.4 is 10.6 Å². The van der Waals surface area contributed by atoms with Gasteiger partial charge >= 0.3 is 0 Å². The first-order valence-corrected chi connectivity index (χ1v) is 7.38. The summed E-state index contributed by atoms with van der Waals surface area (Å²) in [5.74, 6) is 0.856. The van der Waals surface area contributed by atoms with E-state index in [0.717, 1.165) is 5.56 Å². The average Bonchev–Trinajstić information content (AvgIpc) is 2.45. The highest BCUT2D eigenvalue weighted by Gasteiger charge is 2.12. The summed E-state index contributed by atoms with van der Waals surface area (Å²) in [5, 5.41) is 7.19. The lowest BCUT2D eigenvalue weighted by Gasteiger charge is -2.17. The number of halogens is 3. The monoisotopic (exact) mass is 327 g/mol. The molecular weight excluding hydrogens is 312 g/mol. The Kier molecular flexibility index (Phi) is 5.26. The third kappa shape index (κ3) is 3.99. The van der Waals surface area contributed by atoms with Crippen molar-refractivity contribution >= 4 is 34.8 Å². The molecule has 1 atom stereocenters. The van der Waals surface area contributed by atoms with Gasteiger partial charge in [-0.2, -0.15) is 0 Å². The Morgan fingerprint density at radius 1 is 1.14 bits per heavy atom. The predicted octanol–water partition coefficient (Wildman–Crippen LogP) is 5.13. The maximum atomic E-state index is 12.9. The lowest BCUT2D eigenvalue weighted by molar-refractivity contribution is 0.626. The summed E-state index contributed by atoms with van der Waals surface area (Å²) in [5.41, 5.74) is 0.939. The number of nitrogens with zero attached hydrogens (tertiary/aromatic N) is 1. The number of nitrogens with one attached hydrogen (secondary N) is 2. The summed E-state index contributed by atoms with van der Waals surface area (Å²) in [4.78, 5) is 4.38. The summed E-state index contributed by atoms with van der Waals surface area (Å²) in [7, 11) is 0. The minimum atomic E-state index is -0.261. The molecule has 1 aromatic carbocycles. The molecule has 21 heavy (non-hydrogen) atoms. The summed E-state index contributed by atoms with van der Waals surface area (Å²) in [6.45, 7) is 4.62. The SMILES string of the molecule is CCNc1nc(NC(C)c2ccc(F)cc2)c(Cl)cc1Cl. The zero-order chi connectivity index (χ0) is 15.4. The Morgan fingerprint density at radius 2 is 1.76 bits per heavy atom. The maximum Gasteiger partial charge on any atom is 0.147 e. The molecule has 0 saturated heterocycles. The van der Waals surface area contributed by atoms with E-state index in [1.807, 2.05) is 13.8 Å². The van der Waals surface area contributed by atoms with Gasteiger partial charge in [0, 0.05) is 12.6 Å². The van der Waals surface area contributed by atoms with E-state index in [2.05, 4.69) is 15.6 Å². The van der Waals surface area contributed by atoms with Gasteiger partial charge in [-0.1, -0.05) is 35.3 Å². The molecule has 0 aliphatic heterocycles. The maximum absolute atomic E-state index is 12.9. The average molecular weight is 328 g/mol. The fourth-order valence-corrected chi connectivity index (χ4v) is 2.38. The molecule has 1 unspecified atom stereocenters. The molecule has 0 aliphatic carbocycles. The van der Waals surface area contributed by atoms with Gasteiger partial charge in [0.1, 0.15) is 17.5 Å². The number of hydrogen-bond donors (Lipinski definition) is 2. The van der Waals surface area contributed by atoms with Crippen LogP contribution in [0.25, 0.3) is 0 Å². The normalized spacial score (nSPS) is 12.0. The summed E-state index contributed by atoms with van der Waals surface area (Å²) in [6, 6.07) is 7.88. The van der Waals surface area contributed by atoms with E-state index in [4.69, 9.17) is 23.2 Å². The minimum absolute atomic E-state index is 0.0637. The number of anilines is 2. The van der Waals surface area contributed by atoms with Crippen LogP contribution in [0.3, 0.4) is 0 Å². The van der Waals surface area contributed by atoms with Gasteiger partial charge in [0.2, 0.25) is 0 Å². The zero-order valence-corrected chi connectivity index (χ0v) is 13.3. The van der Waals surface area contributed by atoms with E-state index < -0.39 is 0 Å². The van der Waals surface area contributed by atoms with Crippen molar-refractivity contribution < 1.29 is 4.39 Å². The highest BCUT2D eigenvalue weighted by Crippen LogP contribution is 2.31. The highest BCUT2D eigenvalue weighted by atomic mass is 35.5. The Hall–Kier alpha value is -1.52. The van der Waals surface area contributed by atoms with Crippen LogP contribution in [-0.4, -0.2) is 11.5 Å². The van der Waals surface area contributed by atoms with Crippen LogP contribution in [0.1, 0.15) is 25.5 Å². The van der Waals surface area contributed by atoms with Crippen LogP contribution in [0, 0.1) is 5.82 Å². The zero-order valence-electron chi connectivity index (χ0n) is 11.8. The first kappa shape index (κ1) is 15.9. The summed E-state index contributed by atoms with van der Waals surface area (Å²) in [6.07, 6.45) is 0. The van der Waals surface area contributed by atoms with Crippen LogP contribution in [0.5, 0.6) is 0 Å².